The Morgan fingerprint density at radius 3 is 2.89 bits per heavy atom. The molecule has 0 aliphatic carbocycles. The molecule has 0 radical (unpaired) electrons. The van der Waals surface area contributed by atoms with Crippen molar-refractivity contribution < 1.29 is 13.9 Å². The Hall–Kier alpha value is -2.01. The summed E-state index contributed by atoms with van der Waals surface area (Å²) in [6, 6.07) is 7.57. The fraction of sp³-hybridized carbons (Fsp3) is 0.154. The van der Waals surface area contributed by atoms with Crippen LogP contribution in [0.15, 0.2) is 30.3 Å². The van der Waals surface area contributed by atoms with E-state index < -0.39 is 11.8 Å². The number of nitrogens with one attached hydrogen (secondary N) is 2. The summed E-state index contributed by atoms with van der Waals surface area (Å²) >= 11 is 5.75. The van der Waals surface area contributed by atoms with Crippen molar-refractivity contribution in [2.45, 2.75) is 6.54 Å². The first-order valence-corrected chi connectivity index (χ1v) is 5.92. The van der Waals surface area contributed by atoms with Crippen LogP contribution in [0.2, 0.25) is 5.02 Å². The van der Waals surface area contributed by atoms with Gasteiger partial charge in [-0.2, -0.15) is 0 Å². The molecule has 0 saturated carbocycles. The van der Waals surface area contributed by atoms with Gasteiger partial charge in [0.1, 0.15) is 11.5 Å². The van der Waals surface area contributed by atoms with Gasteiger partial charge in [-0.25, -0.2) is 9.18 Å². The Morgan fingerprint density at radius 1 is 1.42 bits per heavy atom. The van der Waals surface area contributed by atoms with E-state index in [1.807, 2.05) is 0 Å². The lowest BCUT2D eigenvalue weighted by Gasteiger charge is -2.05. The number of hydrogen-bond donors (Lipinski definition) is 2. The van der Waals surface area contributed by atoms with Gasteiger partial charge in [0.2, 0.25) is 0 Å². The van der Waals surface area contributed by atoms with E-state index in [1.54, 1.807) is 18.2 Å². The van der Waals surface area contributed by atoms with Crippen LogP contribution >= 0.6 is 11.6 Å². The Morgan fingerprint density at radius 2 is 2.21 bits per heavy atom. The number of H-pyrrole nitrogens is 1. The second-order valence-corrected chi connectivity index (χ2v) is 4.34. The highest BCUT2D eigenvalue weighted by Gasteiger charge is 2.07. The second kappa shape index (κ2) is 5.75. The first-order chi connectivity index (χ1) is 9.08. The number of esters is 1. The molecule has 0 fully saturated rings. The van der Waals surface area contributed by atoms with Crippen molar-refractivity contribution in [1.29, 1.82) is 0 Å². The van der Waals surface area contributed by atoms with E-state index in [2.05, 4.69) is 15.0 Å². The SMILES string of the molecule is COC(=O)c1ccc(CNc2cc(F)cc(Cl)c2)[nH]1. The number of aromatic nitrogens is 1. The monoisotopic (exact) mass is 282 g/mol. The van der Waals surface area contributed by atoms with Crippen molar-refractivity contribution in [2.24, 2.45) is 0 Å². The van der Waals surface area contributed by atoms with E-state index in [1.165, 1.54) is 19.2 Å². The van der Waals surface area contributed by atoms with Crippen molar-refractivity contribution >= 4 is 23.3 Å². The minimum atomic E-state index is -0.431. The number of methoxy groups -OCH3 is 1. The van der Waals surface area contributed by atoms with Gasteiger partial charge in [-0.1, -0.05) is 11.6 Å². The van der Waals surface area contributed by atoms with Crippen LogP contribution in [-0.2, 0) is 11.3 Å². The highest BCUT2D eigenvalue weighted by atomic mass is 35.5. The van der Waals surface area contributed by atoms with Gasteiger partial charge in [0, 0.05) is 16.4 Å². The molecule has 0 aliphatic rings. The summed E-state index contributed by atoms with van der Waals surface area (Å²) in [5.41, 5.74) is 1.72. The molecular formula is C13H12ClFN2O2. The molecule has 2 rings (SSSR count). The van der Waals surface area contributed by atoms with Gasteiger partial charge < -0.3 is 15.0 Å². The van der Waals surface area contributed by atoms with Crippen LogP contribution in [0.25, 0.3) is 0 Å². The van der Waals surface area contributed by atoms with Gasteiger partial charge >= 0.3 is 5.97 Å². The maximum absolute atomic E-state index is 13.1. The zero-order chi connectivity index (χ0) is 13.8. The Balaban J connectivity index is 2.02. The van der Waals surface area contributed by atoms with Crippen molar-refractivity contribution in [3.8, 4) is 0 Å². The first-order valence-electron chi connectivity index (χ1n) is 5.54. The molecule has 0 atom stereocenters. The van der Waals surface area contributed by atoms with Crippen molar-refractivity contribution in [2.75, 3.05) is 12.4 Å². The number of halogens is 2. The number of carbonyl (C=O) groups excluding carboxylic acids is 1. The fourth-order valence-corrected chi connectivity index (χ4v) is 1.85. The van der Waals surface area contributed by atoms with E-state index in [9.17, 15) is 9.18 Å². The van der Waals surface area contributed by atoms with E-state index in [0.717, 1.165) is 5.69 Å². The molecule has 0 aliphatic heterocycles. The van der Waals surface area contributed by atoms with E-state index >= 15 is 0 Å². The van der Waals surface area contributed by atoms with Crippen LogP contribution in [0.1, 0.15) is 16.2 Å². The molecule has 1 aromatic carbocycles. The zero-order valence-corrected chi connectivity index (χ0v) is 10.9. The molecule has 4 nitrogen and oxygen atoms in total. The molecule has 0 amide bonds. The van der Waals surface area contributed by atoms with Crippen LogP contribution in [0.3, 0.4) is 0 Å². The Bertz CT molecular complexity index is 578. The largest absolute Gasteiger partial charge is 0.464 e. The summed E-state index contributed by atoms with van der Waals surface area (Å²) in [5, 5.41) is 3.33. The van der Waals surface area contributed by atoms with Crippen LogP contribution in [-0.4, -0.2) is 18.1 Å². The third-order valence-corrected chi connectivity index (χ3v) is 2.72. The molecule has 2 N–H and O–H groups in total. The van der Waals surface area contributed by atoms with Gasteiger partial charge in [-0.05, 0) is 30.3 Å². The number of anilines is 1. The van der Waals surface area contributed by atoms with E-state index in [4.69, 9.17) is 11.6 Å². The first kappa shape index (κ1) is 13.4. The average Bonchev–Trinajstić information content (AvgIpc) is 2.83. The fourth-order valence-electron chi connectivity index (χ4n) is 1.63. The van der Waals surface area contributed by atoms with E-state index in [0.29, 0.717) is 22.9 Å². The molecule has 100 valence electrons. The smallest absolute Gasteiger partial charge is 0.354 e. The van der Waals surface area contributed by atoms with Gasteiger partial charge in [-0.3, -0.25) is 0 Å². The molecule has 1 aromatic heterocycles. The van der Waals surface area contributed by atoms with Gasteiger partial charge in [0.05, 0.1) is 13.7 Å². The lowest BCUT2D eigenvalue weighted by Crippen LogP contribution is -2.03. The standard InChI is InChI=1S/C13H12ClFN2O2/c1-19-13(18)12-3-2-10(17-12)7-16-11-5-8(14)4-9(15)6-11/h2-6,16-17H,7H2,1H3. The van der Waals surface area contributed by atoms with Crippen LogP contribution in [0.5, 0.6) is 0 Å². The van der Waals surface area contributed by atoms with Crippen LogP contribution in [0.4, 0.5) is 10.1 Å². The van der Waals surface area contributed by atoms with E-state index in [-0.39, 0.29) is 0 Å². The molecule has 0 spiro atoms. The third-order valence-electron chi connectivity index (χ3n) is 2.50. The number of ether oxygens (including phenoxy) is 1. The number of carbonyl (C=O) groups is 1. The van der Waals surface area contributed by atoms with Crippen molar-refractivity contribution in [3.05, 3.63) is 52.6 Å². The molecule has 0 unspecified atom stereocenters. The predicted octanol–water partition coefficient (Wildman–Crippen LogP) is 3.21. The topological polar surface area (TPSA) is 54.1 Å². The maximum atomic E-state index is 13.1. The lowest BCUT2D eigenvalue weighted by atomic mass is 10.3. The summed E-state index contributed by atoms with van der Waals surface area (Å²) in [6.45, 7) is 0.413. The molecule has 2 aromatic rings. The van der Waals surface area contributed by atoms with Gasteiger partial charge in [-0.15, -0.1) is 0 Å². The minimum Gasteiger partial charge on any atom is -0.464 e. The minimum absolute atomic E-state index is 0.323. The van der Waals surface area contributed by atoms with Crippen molar-refractivity contribution in [1.82, 2.24) is 4.98 Å². The van der Waals surface area contributed by atoms with Crippen LogP contribution in [0, 0.1) is 5.82 Å². The van der Waals surface area contributed by atoms with Gasteiger partial charge in [0.25, 0.3) is 0 Å². The number of benzene rings is 1. The maximum Gasteiger partial charge on any atom is 0.354 e. The molecule has 0 saturated heterocycles. The second-order valence-electron chi connectivity index (χ2n) is 3.90. The summed E-state index contributed by atoms with van der Waals surface area (Å²) in [5.74, 6) is -0.836. The summed E-state index contributed by atoms with van der Waals surface area (Å²) in [6.07, 6.45) is 0. The summed E-state index contributed by atoms with van der Waals surface area (Å²) in [4.78, 5) is 14.1. The average molecular weight is 283 g/mol. The molecule has 6 heteroatoms. The molecular weight excluding hydrogens is 271 g/mol. The molecule has 1 heterocycles. The van der Waals surface area contributed by atoms with Crippen molar-refractivity contribution in [3.63, 3.8) is 0 Å². The Labute approximate surface area is 114 Å². The number of rotatable bonds is 4. The lowest BCUT2D eigenvalue weighted by molar-refractivity contribution is 0.0594. The Kier molecular flexibility index (Phi) is 4.06. The summed E-state index contributed by atoms with van der Waals surface area (Å²) in [7, 11) is 1.32. The normalized spacial score (nSPS) is 10.3. The summed E-state index contributed by atoms with van der Waals surface area (Å²) < 4.78 is 17.7. The highest BCUT2D eigenvalue weighted by molar-refractivity contribution is 6.30. The number of hydrogen-bond acceptors (Lipinski definition) is 3. The zero-order valence-electron chi connectivity index (χ0n) is 10.2. The predicted molar refractivity (Wildman–Crippen MR) is 70.9 cm³/mol. The molecule has 0 bridgehead atoms. The number of aromatic amines is 1. The van der Waals surface area contributed by atoms with Gasteiger partial charge in [0.15, 0.2) is 0 Å². The van der Waals surface area contributed by atoms with Crippen LogP contribution < -0.4 is 5.32 Å². The molecule has 19 heavy (non-hydrogen) atoms. The third kappa shape index (κ3) is 3.48. The quantitative estimate of drug-likeness (QED) is 0.847. The highest BCUT2D eigenvalue weighted by Crippen LogP contribution is 2.18.